The number of rotatable bonds is 5. The van der Waals surface area contributed by atoms with Crippen LogP contribution in [-0.4, -0.2) is 42.2 Å². The molecule has 1 N–H and O–H groups in total. The average Bonchev–Trinajstić information content (AvgIpc) is 3.01. The van der Waals surface area contributed by atoms with E-state index in [1.165, 1.54) is 0 Å². The third-order valence-electron chi connectivity index (χ3n) is 2.92. The van der Waals surface area contributed by atoms with Gasteiger partial charge in [-0.2, -0.15) is 0 Å². The van der Waals surface area contributed by atoms with Crippen LogP contribution >= 0.6 is 0 Å². The number of nitrogens with one attached hydrogen (secondary N) is 1. The lowest BCUT2D eigenvalue weighted by molar-refractivity contribution is 0.391. The molecule has 112 valence electrons. The smallest absolute Gasteiger partial charge is 0.212 e. The summed E-state index contributed by atoms with van der Waals surface area (Å²) in [6, 6.07) is 5.62. The maximum absolute atomic E-state index is 5.03. The molecule has 7 heteroatoms. The molecule has 0 bridgehead atoms. The molecule has 0 aliphatic rings. The zero-order valence-corrected chi connectivity index (χ0v) is 12.4. The molecule has 2 aromatic rings. The molecule has 2 aromatic heterocycles. The van der Waals surface area contributed by atoms with E-state index >= 15 is 0 Å². The lowest BCUT2D eigenvalue weighted by Crippen LogP contribution is -2.38. The molecule has 0 unspecified atom stereocenters. The number of aliphatic imine (C=N–C) groups is 1. The van der Waals surface area contributed by atoms with Crippen molar-refractivity contribution in [3.8, 4) is 5.88 Å². The van der Waals surface area contributed by atoms with E-state index in [1.54, 1.807) is 26.6 Å². The van der Waals surface area contributed by atoms with E-state index in [4.69, 9.17) is 9.26 Å². The van der Waals surface area contributed by atoms with E-state index in [-0.39, 0.29) is 0 Å². The minimum atomic E-state index is 0.603. The summed E-state index contributed by atoms with van der Waals surface area (Å²) in [7, 11) is 5.28. The molecule has 0 atom stereocenters. The van der Waals surface area contributed by atoms with Crippen molar-refractivity contribution in [2.24, 2.45) is 4.99 Å². The van der Waals surface area contributed by atoms with Crippen LogP contribution in [0.15, 0.2) is 40.2 Å². The van der Waals surface area contributed by atoms with Crippen molar-refractivity contribution in [3.63, 3.8) is 0 Å². The van der Waals surface area contributed by atoms with Gasteiger partial charge in [0.25, 0.3) is 0 Å². The van der Waals surface area contributed by atoms with Crippen molar-refractivity contribution in [1.29, 1.82) is 0 Å². The molecule has 7 nitrogen and oxygen atoms in total. The van der Waals surface area contributed by atoms with Crippen LogP contribution in [0.25, 0.3) is 0 Å². The van der Waals surface area contributed by atoms with Gasteiger partial charge >= 0.3 is 0 Å². The highest BCUT2D eigenvalue weighted by Gasteiger charge is 2.08. The quantitative estimate of drug-likeness (QED) is 0.660. The lowest BCUT2D eigenvalue weighted by atomic mass is 10.3. The summed E-state index contributed by atoms with van der Waals surface area (Å²) in [6.45, 7) is 1.25. The van der Waals surface area contributed by atoms with Crippen LogP contribution in [0.5, 0.6) is 5.88 Å². The Kier molecular flexibility index (Phi) is 5.14. The highest BCUT2D eigenvalue weighted by atomic mass is 16.5. The van der Waals surface area contributed by atoms with E-state index < -0.39 is 0 Å². The van der Waals surface area contributed by atoms with Gasteiger partial charge in [0.15, 0.2) is 5.96 Å². The first-order valence-electron chi connectivity index (χ1n) is 6.53. The second-order valence-corrected chi connectivity index (χ2v) is 4.46. The molecular formula is C14H19N5O2. The topological polar surface area (TPSA) is 75.8 Å². The number of hydrogen-bond donors (Lipinski definition) is 1. The Hall–Kier alpha value is -2.57. The van der Waals surface area contributed by atoms with Gasteiger partial charge in [0.1, 0.15) is 12.0 Å². The molecule has 0 spiro atoms. The Balaban J connectivity index is 1.89. The molecule has 0 aliphatic heterocycles. The van der Waals surface area contributed by atoms with Gasteiger partial charge < -0.3 is 19.5 Å². The van der Waals surface area contributed by atoms with Gasteiger partial charge in [0.05, 0.1) is 13.7 Å². The van der Waals surface area contributed by atoms with Gasteiger partial charge in [-0.1, -0.05) is 11.2 Å². The van der Waals surface area contributed by atoms with Crippen LogP contribution in [0.2, 0.25) is 0 Å². The summed E-state index contributed by atoms with van der Waals surface area (Å²) in [5.41, 5.74) is 1.90. The third-order valence-corrected chi connectivity index (χ3v) is 2.92. The van der Waals surface area contributed by atoms with Crippen molar-refractivity contribution in [1.82, 2.24) is 20.4 Å². The molecule has 2 rings (SSSR count). The normalized spacial score (nSPS) is 11.3. The Morgan fingerprint density at radius 3 is 2.86 bits per heavy atom. The molecule has 21 heavy (non-hydrogen) atoms. The molecule has 2 heterocycles. The molecule has 0 aromatic carbocycles. The maximum Gasteiger partial charge on any atom is 0.212 e. The largest absolute Gasteiger partial charge is 0.481 e. The molecule has 0 radical (unpaired) electrons. The predicted octanol–water partition coefficient (Wildman–Crippen LogP) is 1.29. The number of guanidine groups is 1. The average molecular weight is 289 g/mol. The second kappa shape index (κ2) is 7.28. The summed E-state index contributed by atoms with van der Waals surface area (Å²) in [6.07, 6.45) is 3.33. The first-order valence-corrected chi connectivity index (χ1v) is 6.53. The van der Waals surface area contributed by atoms with Gasteiger partial charge in [-0.15, -0.1) is 0 Å². The number of ether oxygens (including phenoxy) is 1. The first kappa shape index (κ1) is 14.8. The third kappa shape index (κ3) is 4.20. The van der Waals surface area contributed by atoms with Gasteiger partial charge in [0, 0.05) is 39.0 Å². The van der Waals surface area contributed by atoms with Crippen molar-refractivity contribution >= 4 is 5.96 Å². The van der Waals surface area contributed by atoms with Gasteiger partial charge in [-0.3, -0.25) is 4.99 Å². The van der Waals surface area contributed by atoms with Gasteiger partial charge in [-0.05, 0) is 5.56 Å². The fraction of sp³-hybridized carbons (Fsp3) is 0.357. The summed E-state index contributed by atoms with van der Waals surface area (Å²) in [5.74, 6) is 1.38. The predicted molar refractivity (Wildman–Crippen MR) is 79.0 cm³/mol. The Morgan fingerprint density at radius 1 is 1.43 bits per heavy atom. The van der Waals surface area contributed by atoms with Crippen LogP contribution in [-0.2, 0) is 13.1 Å². The second-order valence-electron chi connectivity index (χ2n) is 4.46. The minimum Gasteiger partial charge on any atom is -0.481 e. The number of nitrogens with zero attached hydrogens (tertiary/aromatic N) is 4. The zero-order chi connectivity index (χ0) is 15.1. The van der Waals surface area contributed by atoms with Crippen LogP contribution in [0.3, 0.4) is 0 Å². The summed E-state index contributed by atoms with van der Waals surface area (Å²) < 4.78 is 9.86. The highest BCUT2D eigenvalue weighted by molar-refractivity contribution is 5.79. The van der Waals surface area contributed by atoms with Crippen molar-refractivity contribution in [2.45, 2.75) is 13.1 Å². The number of aromatic nitrogens is 2. The maximum atomic E-state index is 5.03. The lowest BCUT2D eigenvalue weighted by Gasteiger charge is -2.20. The number of methoxy groups -OCH3 is 1. The van der Waals surface area contributed by atoms with Crippen LogP contribution in [0.4, 0.5) is 0 Å². The van der Waals surface area contributed by atoms with Crippen LogP contribution in [0.1, 0.15) is 11.3 Å². The van der Waals surface area contributed by atoms with Crippen molar-refractivity contribution < 1.29 is 9.26 Å². The summed E-state index contributed by atoms with van der Waals surface area (Å²) >= 11 is 0. The molecule has 0 fully saturated rings. The first-order chi connectivity index (χ1) is 10.2. The summed E-state index contributed by atoms with van der Waals surface area (Å²) in [5, 5.41) is 7.16. The van der Waals surface area contributed by atoms with Crippen molar-refractivity contribution in [3.05, 3.63) is 41.9 Å². The molecule has 0 saturated heterocycles. The SMILES string of the molecule is CN=C(NCc1ccc(OC)nc1)N(C)Cc1ccon1. The van der Waals surface area contributed by atoms with E-state index in [9.17, 15) is 0 Å². The highest BCUT2D eigenvalue weighted by Crippen LogP contribution is 2.06. The number of hydrogen-bond acceptors (Lipinski definition) is 5. The van der Waals surface area contributed by atoms with Crippen molar-refractivity contribution in [2.75, 3.05) is 21.2 Å². The van der Waals surface area contributed by atoms with E-state index in [2.05, 4.69) is 20.4 Å². The fourth-order valence-corrected chi connectivity index (χ4v) is 1.84. The van der Waals surface area contributed by atoms with Gasteiger partial charge in [0.2, 0.25) is 5.88 Å². The zero-order valence-electron chi connectivity index (χ0n) is 12.4. The Morgan fingerprint density at radius 2 is 2.29 bits per heavy atom. The molecule has 0 aliphatic carbocycles. The fourth-order valence-electron chi connectivity index (χ4n) is 1.84. The van der Waals surface area contributed by atoms with E-state index in [0.717, 1.165) is 17.2 Å². The molecule has 0 saturated carbocycles. The van der Waals surface area contributed by atoms with Gasteiger partial charge in [-0.25, -0.2) is 4.98 Å². The Labute approximate surface area is 123 Å². The molecule has 0 amide bonds. The van der Waals surface area contributed by atoms with E-state index in [0.29, 0.717) is 19.0 Å². The minimum absolute atomic E-state index is 0.603. The Bertz CT molecular complexity index is 566. The van der Waals surface area contributed by atoms with E-state index in [1.807, 2.05) is 30.1 Å². The monoisotopic (exact) mass is 289 g/mol. The molecular weight excluding hydrogens is 270 g/mol. The summed E-state index contributed by atoms with van der Waals surface area (Å²) in [4.78, 5) is 10.4. The standard InChI is InChI=1S/C14H19N5O2/c1-15-14(19(2)10-12-6-7-21-18-12)17-9-11-4-5-13(20-3)16-8-11/h4-8H,9-10H2,1-3H3,(H,15,17). The van der Waals surface area contributed by atoms with Crippen LogP contribution < -0.4 is 10.1 Å². The number of pyridine rings is 1. The van der Waals surface area contributed by atoms with Crippen LogP contribution in [0, 0.1) is 0 Å².